The molecule has 1 saturated heterocycles. The molecule has 1 aliphatic rings. The van der Waals surface area contributed by atoms with E-state index in [0.29, 0.717) is 28.6 Å². The molecular weight excluding hydrogens is 480 g/mol. The molecule has 1 aliphatic heterocycles. The van der Waals surface area contributed by atoms with Gasteiger partial charge in [0.15, 0.2) is 0 Å². The fourth-order valence-electron chi connectivity index (χ4n) is 3.27. The van der Waals surface area contributed by atoms with Gasteiger partial charge in [0.2, 0.25) is 0 Å². The first-order valence-electron chi connectivity index (χ1n) is 9.51. The molecule has 3 aromatic carbocycles. The number of carbonyl (C=O) groups is 2. The van der Waals surface area contributed by atoms with E-state index >= 15 is 0 Å². The van der Waals surface area contributed by atoms with Crippen LogP contribution in [-0.2, 0) is 11.4 Å². The minimum Gasteiger partial charge on any atom is -0.488 e. The normalized spacial score (nSPS) is 14.8. The van der Waals surface area contributed by atoms with Gasteiger partial charge in [-0.3, -0.25) is 4.79 Å². The van der Waals surface area contributed by atoms with Gasteiger partial charge in [0, 0.05) is 15.1 Å². The van der Waals surface area contributed by atoms with Crippen LogP contribution in [0.2, 0.25) is 5.02 Å². The summed E-state index contributed by atoms with van der Waals surface area (Å²) in [6.07, 6.45) is 1.61. The molecule has 1 N–H and O–H groups in total. The fraction of sp³-hybridized carbons (Fsp3) is 0.0833. The third-order valence-electron chi connectivity index (χ3n) is 4.69. The Labute approximate surface area is 193 Å². The maximum atomic E-state index is 12.9. The summed E-state index contributed by atoms with van der Waals surface area (Å²) in [7, 11) is 0. The molecule has 0 unspecified atom stereocenters. The van der Waals surface area contributed by atoms with Gasteiger partial charge in [-0.05, 0) is 55.0 Å². The number of benzene rings is 3. The lowest BCUT2D eigenvalue weighted by atomic mass is 10.1. The number of carbonyl (C=O) groups excluding carboxylic acids is 2. The van der Waals surface area contributed by atoms with Crippen LogP contribution in [0.15, 0.2) is 76.9 Å². The topological polar surface area (TPSA) is 58.6 Å². The van der Waals surface area contributed by atoms with Gasteiger partial charge in [-0.15, -0.1) is 0 Å². The zero-order valence-electron chi connectivity index (χ0n) is 16.6. The van der Waals surface area contributed by atoms with Crippen LogP contribution < -0.4 is 15.0 Å². The summed E-state index contributed by atoms with van der Waals surface area (Å²) in [6, 6.07) is 19.6. The lowest BCUT2D eigenvalue weighted by Crippen LogP contribution is -2.30. The monoisotopic (exact) mass is 496 g/mol. The second-order valence-electron chi connectivity index (χ2n) is 7.07. The molecule has 0 atom stereocenters. The average molecular weight is 498 g/mol. The summed E-state index contributed by atoms with van der Waals surface area (Å²) in [6.45, 7) is 2.41. The number of hydrogen-bond donors (Lipinski definition) is 1. The van der Waals surface area contributed by atoms with E-state index in [9.17, 15) is 9.59 Å². The van der Waals surface area contributed by atoms with E-state index in [2.05, 4.69) is 27.3 Å². The highest BCUT2D eigenvalue weighted by molar-refractivity contribution is 9.10. The number of halogens is 2. The molecule has 3 amide bonds. The molecule has 7 heteroatoms. The predicted molar refractivity (Wildman–Crippen MR) is 125 cm³/mol. The standard InChI is InChI=1S/C24H18BrClN2O3/c1-15-4-2-5-16(10-15)14-31-22-9-8-18(25)11-17(22)12-21-23(29)28(24(30)27-21)20-7-3-6-19(26)13-20/h2-13H,14H2,1H3,(H,27,30)/b21-12+. The maximum Gasteiger partial charge on any atom is 0.333 e. The quantitative estimate of drug-likeness (QED) is 0.343. The van der Waals surface area contributed by atoms with E-state index in [4.69, 9.17) is 16.3 Å². The highest BCUT2D eigenvalue weighted by Crippen LogP contribution is 2.29. The van der Waals surface area contributed by atoms with Gasteiger partial charge >= 0.3 is 6.03 Å². The van der Waals surface area contributed by atoms with Crippen molar-refractivity contribution >= 4 is 51.2 Å². The van der Waals surface area contributed by atoms with Crippen LogP contribution in [0.3, 0.4) is 0 Å². The Hall–Kier alpha value is -3.09. The molecule has 156 valence electrons. The fourth-order valence-corrected chi connectivity index (χ4v) is 3.83. The van der Waals surface area contributed by atoms with Crippen molar-refractivity contribution in [3.05, 3.63) is 98.6 Å². The second kappa shape index (κ2) is 8.96. The number of rotatable bonds is 5. The van der Waals surface area contributed by atoms with Crippen LogP contribution in [0.4, 0.5) is 10.5 Å². The van der Waals surface area contributed by atoms with Crippen molar-refractivity contribution in [2.45, 2.75) is 13.5 Å². The Kier molecular flexibility index (Phi) is 6.11. The van der Waals surface area contributed by atoms with Crippen molar-refractivity contribution in [3.8, 4) is 5.75 Å². The Balaban J connectivity index is 1.61. The summed E-state index contributed by atoms with van der Waals surface area (Å²) >= 11 is 9.46. The Morgan fingerprint density at radius 3 is 2.65 bits per heavy atom. The van der Waals surface area contributed by atoms with Crippen LogP contribution >= 0.6 is 27.5 Å². The van der Waals surface area contributed by atoms with Crippen LogP contribution in [-0.4, -0.2) is 11.9 Å². The Bertz CT molecular complexity index is 1210. The number of ether oxygens (including phenoxy) is 1. The van der Waals surface area contributed by atoms with Crippen LogP contribution in [0, 0.1) is 6.92 Å². The number of anilines is 1. The van der Waals surface area contributed by atoms with Crippen molar-refractivity contribution in [2.75, 3.05) is 4.90 Å². The summed E-state index contributed by atoms with van der Waals surface area (Å²) < 4.78 is 6.84. The van der Waals surface area contributed by atoms with Crippen molar-refractivity contribution in [1.29, 1.82) is 0 Å². The molecule has 0 saturated carbocycles. The van der Waals surface area contributed by atoms with E-state index in [1.807, 2.05) is 43.3 Å². The van der Waals surface area contributed by atoms with E-state index in [1.165, 1.54) is 0 Å². The number of amides is 3. The van der Waals surface area contributed by atoms with E-state index in [-0.39, 0.29) is 5.70 Å². The van der Waals surface area contributed by atoms with Crippen molar-refractivity contribution in [2.24, 2.45) is 0 Å². The zero-order valence-corrected chi connectivity index (χ0v) is 18.9. The third kappa shape index (κ3) is 4.81. The lowest BCUT2D eigenvalue weighted by Gasteiger charge is -2.12. The minimum atomic E-state index is -0.532. The van der Waals surface area contributed by atoms with Gasteiger partial charge in [-0.2, -0.15) is 0 Å². The molecule has 0 spiro atoms. The molecule has 0 radical (unpaired) electrons. The van der Waals surface area contributed by atoms with E-state index in [1.54, 1.807) is 30.3 Å². The molecule has 4 rings (SSSR count). The molecule has 1 fully saturated rings. The number of nitrogens with one attached hydrogen (secondary N) is 1. The largest absolute Gasteiger partial charge is 0.488 e. The molecule has 1 heterocycles. The molecule has 31 heavy (non-hydrogen) atoms. The third-order valence-corrected chi connectivity index (χ3v) is 5.42. The first kappa shape index (κ1) is 21.2. The Morgan fingerprint density at radius 2 is 1.87 bits per heavy atom. The molecular formula is C24H18BrClN2O3. The van der Waals surface area contributed by atoms with Crippen molar-refractivity contribution < 1.29 is 14.3 Å². The number of hydrogen-bond acceptors (Lipinski definition) is 3. The minimum absolute atomic E-state index is 0.156. The SMILES string of the molecule is Cc1cccc(COc2ccc(Br)cc2/C=C2/NC(=O)N(c3cccc(Cl)c3)C2=O)c1. The molecule has 3 aromatic rings. The van der Waals surface area contributed by atoms with Crippen LogP contribution in [0.1, 0.15) is 16.7 Å². The summed E-state index contributed by atoms with van der Waals surface area (Å²) in [5.41, 5.74) is 3.42. The van der Waals surface area contributed by atoms with E-state index in [0.717, 1.165) is 20.5 Å². The van der Waals surface area contributed by atoms with E-state index < -0.39 is 11.9 Å². The predicted octanol–water partition coefficient (Wildman–Crippen LogP) is 6.09. The van der Waals surface area contributed by atoms with Crippen molar-refractivity contribution in [3.63, 3.8) is 0 Å². The first-order valence-corrected chi connectivity index (χ1v) is 10.7. The molecule has 5 nitrogen and oxygen atoms in total. The smallest absolute Gasteiger partial charge is 0.333 e. The Morgan fingerprint density at radius 1 is 1.06 bits per heavy atom. The van der Waals surface area contributed by atoms with Gasteiger partial charge in [-0.1, -0.05) is 63.4 Å². The number of aryl methyl sites for hydroxylation is 1. The van der Waals surface area contributed by atoms with Crippen LogP contribution in [0.5, 0.6) is 5.75 Å². The maximum absolute atomic E-state index is 12.9. The summed E-state index contributed by atoms with van der Waals surface area (Å²) in [5, 5.41) is 3.07. The number of imide groups is 1. The summed E-state index contributed by atoms with van der Waals surface area (Å²) in [4.78, 5) is 26.4. The molecule has 0 aromatic heterocycles. The highest BCUT2D eigenvalue weighted by atomic mass is 79.9. The van der Waals surface area contributed by atoms with Crippen molar-refractivity contribution in [1.82, 2.24) is 5.32 Å². The summed E-state index contributed by atoms with van der Waals surface area (Å²) in [5.74, 6) is 0.136. The highest BCUT2D eigenvalue weighted by Gasteiger charge is 2.35. The van der Waals surface area contributed by atoms with Gasteiger partial charge in [0.25, 0.3) is 5.91 Å². The van der Waals surface area contributed by atoms with Gasteiger partial charge in [0.05, 0.1) is 5.69 Å². The van der Waals surface area contributed by atoms with Gasteiger partial charge in [0.1, 0.15) is 18.1 Å². The zero-order chi connectivity index (χ0) is 22.0. The van der Waals surface area contributed by atoms with Gasteiger partial charge in [-0.25, -0.2) is 9.69 Å². The number of urea groups is 1. The number of nitrogens with zero attached hydrogens (tertiary/aromatic N) is 1. The first-order chi connectivity index (χ1) is 14.9. The van der Waals surface area contributed by atoms with Crippen LogP contribution in [0.25, 0.3) is 6.08 Å². The second-order valence-corrected chi connectivity index (χ2v) is 8.42. The molecule has 0 aliphatic carbocycles. The lowest BCUT2D eigenvalue weighted by molar-refractivity contribution is -0.113. The van der Waals surface area contributed by atoms with Gasteiger partial charge < -0.3 is 10.1 Å². The molecule has 0 bridgehead atoms. The average Bonchev–Trinajstić information content (AvgIpc) is 3.00.